The molecule has 29 heavy (non-hydrogen) atoms. The Morgan fingerprint density at radius 2 is 1.83 bits per heavy atom. The topological polar surface area (TPSA) is 132 Å². The summed E-state index contributed by atoms with van der Waals surface area (Å²) >= 11 is 0. The molecule has 1 aromatic carbocycles. The van der Waals surface area contributed by atoms with Crippen LogP contribution in [0.5, 0.6) is 0 Å². The monoisotopic (exact) mass is 417 g/mol. The minimum atomic E-state index is -3.66. The second-order valence-corrected chi connectivity index (χ2v) is 8.64. The van der Waals surface area contributed by atoms with E-state index in [9.17, 15) is 22.8 Å². The van der Waals surface area contributed by atoms with E-state index in [1.54, 1.807) is 49.0 Å². The first-order valence-corrected chi connectivity index (χ1v) is 10.7. The first-order valence-electron chi connectivity index (χ1n) is 8.87. The van der Waals surface area contributed by atoms with Gasteiger partial charge in [-0.15, -0.1) is 0 Å². The molecule has 0 bridgehead atoms. The summed E-state index contributed by atoms with van der Waals surface area (Å²) < 4.78 is 26.4. The maximum atomic E-state index is 12.6. The average molecular weight is 417 g/mol. The van der Waals surface area contributed by atoms with Gasteiger partial charge in [-0.05, 0) is 43.2 Å². The molecule has 3 rings (SSSR count). The second-order valence-electron chi connectivity index (χ2n) is 6.70. The van der Waals surface area contributed by atoms with E-state index < -0.39 is 33.9 Å². The van der Waals surface area contributed by atoms with Crippen molar-refractivity contribution >= 4 is 21.8 Å². The lowest BCUT2D eigenvalue weighted by molar-refractivity contribution is -0.122. The first-order chi connectivity index (χ1) is 13.7. The van der Waals surface area contributed by atoms with Crippen molar-refractivity contribution in [3.63, 3.8) is 0 Å². The number of rotatable bonds is 5. The molecule has 0 saturated carbocycles. The molecule has 2 amide bonds. The summed E-state index contributed by atoms with van der Waals surface area (Å²) in [5, 5.41) is 2.67. The number of nitrogens with two attached hydrogens (primary N) is 1. The Bertz CT molecular complexity index is 1080. The van der Waals surface area contributed by atoms with Gasteiger partial charge in [0.2, 0.25) is 15.9 Å². The molecular formula is C19H21N4O5S. The number of nitrogens with one attached hydrogen (secondary N) is 1. The van der Waals surface area contributed by atoms with Crippen molar-refractivity contribution in [3.8, 4) is 5.69 Å². The van der Waals surface area contributed by atoms with Gasteiger partial charge < -0.3 is 11.1 Å². The van der Waals surface area contributed by atoms with Crippen molar-refractivity contribution in [2.45, 2.75) is 18.5 Å². The summed E-state index contributed by atoms with van der Waals surface area (Å²) in [7, 11) is -3.66. The Morgan fingerprint density at radius 3 is 2.41 bits per heavy atom. The number of sulfonamides is 1. The second kappa shape index (κ2) is 8.18. The van der Waals surface area contributed by atoms with Gasteiger partial charge >= 0.3 is 0 Å². The largest absolute Gasteiger partial charge is 0.368 e. The molecular weight excluding hydrogens is 396 g/mol. The van der Waals surface area contributed by atoms with E-state index in [4.69, 9.17) is 5.73 Å². The lowest BCUT2D eigenvalue weighted by atomic mass is 9.97. The number of aromatic nitrogens is 1. The van der Waals surface area contributed by atoms with Gasteiger partial charge in [0.15, 0.2) is 0 Å². The number of pyridine rings is 1. The summed E-state index contributed by atoms with van der Waals surface area (Å²) in [6.07, 6.45) is 4.66. The Hall–Kier alpha value is -2.98. The normalized spacial score (nSPS) is 20.2. The maximum Gasteiger partial charge on any atom is 0.255 e. The molecule has 2 unspecified atom stereocenters. The molecule has 1 radical (unpaired) electrons. The third-order valence-corrected chi connectivity index (χ3v) is 5.93. The third kappa shape index (κ3) is 4.54. The van der Waals surface area contributed by atoms with Crippen LogP contribution in [0.4, 0.5) is 0 Å². The van der Waals surface area contributed by atoms with Crippen molar-refractivity contribution < 1.29 is 18.0 Å². The van der Waals surface area contributed by atoms with E-state index in [1.807, 2.05) is 0 Å². The van der Waals surface area contributed by atoms with Crippen molar-refractivity contribution in [2.24, 2.45) is 5.73 Å². The number of carbonyl (C=O) groups is 2. The third-order valence-electron chi connectivity index (χ3n) is 4.67. The SMILES string of the molecule is CS(=O)(=O)N1CC[CH]C(NC(=O)c2ccc(-n3ccccc3=O)cc2)C1C(N)=O. The lowest BCUT2D eigenvalue weighted by Gasteiger charge is -2.37. The maximum absolute atomic E-state index is 12.6. The molecule has 2 heterocycles. The molecule has 1 aliphatic rings. The summed E-state index contributed by atoms with van der Waals surface area (Å²) in [5.41, 5.74) is 6.10. The molecule has 153 valence electrons. The fourth-order valence-electron chi connectivity index (χ4n) is 3.31. The zero-order valence-electron chi connectivity index (χ0n) is 15.7. The molecule has 1 fully saturated rings. The summed E-state index contributed by atoms with van der Waals surface area (Å²) in [5.74, 6) is -1.32. The highest BCUT2D eigenvalue weighted by molar-refractivity contribution is 7.88. The fourth-order valence-corrected chi connectivity index (χ4v) is 4.39. The van der Waals surface area contributed by atoms with Crippen LogP contribution in [-0.2, 0) is 14.8 Å². The van der Waals surface area contributed by atoms with Crippen LogP contribution in [0.1, 0.15) is 16.8 Å². The number of primary amides is 1. The van der Waals surface area contributed by atoms with Gasteiger partial charge in [0, 0.05) is 30.1 Å². The number of carbonyl (C=O) groups excluding carboxylic acids is 2. The highest BCUT2D eigenvalue weighted by Crippen LogP contribution is 2.20. The van der Waals surface area contributed by atoms with Crippen LogP contribution in [0.25, 0.3) is 5.69 Å². The Kier molecular flexibility index (Phi) is 5.85. The van der Waals surface area contributed by atoms with Crippen molar-refractivity contribution in [1.29, 1.82) is 0 Å². The highest BCUT2D eigenvalue weighted by Gasteiger charge is 2.41. The number of hydrogen-bond donors (Lipinski definition) is 2. The van der Waals surface area contributed by atoms with Gasteiger partial charge in [0.25, 0.3) is 11.5 Å². The molecule has 10 heteroatoms. The highest BCUT2D eigenvalue weighted by atomic mass is 32.2. The van der Waals surface area contributed by atoms with E-state index >= 15 is 0 Å². The van der Waals surface area contributed by atoms with Gasteiger partial charge in [-0.2, -0.15) is 4.31 Å². The molecule has 9 nitrogen and oxygen atoms in total. The first kappa shape index (κ1) is 20.7. The quantitative estimate of drug-likeness (QED) is 0.687. The Balaban J connectivity index is 1.79. The van der Waals surface area contributed by atoms with Gasteiger partial charge in [0.1, 0.15) is 6.04 Å². The van der Waals surface area contributed by atoms with Crippen molar-refractivity contribution in [1.82, 2.24) is 14.2 Å². The summed E-state index contributed by atoms with van der Waals surface area (Å²) in [6.45, 7) is 0.124. The molecule has 1 saturated heterocycles. The number of nitrogens with zero attached hydrogens (tertiary/aromatic N) is 2. The lowest BCUT2D eigenvalue weighted by Crippen LogP contribution is -2.62. The van der Waals surface area contributed by atoms with Gasteiger partial charge in [0.05, 0.1) is 12.3 Å². The molecule has 2 atom stereocenters. The molecule has 3 N–H and O–H groups in total. The van der Waals surface area contributed by atoms with E-state index in [0.29, 0.717) is 17.7 Å². The predicted molar refractivity (Wildman–Crippen MR) is 107 cm³/mol. The predicted octanol–water partition coefficient (Wildman–Crippen LogP) is -0.341. The standard InChI is InChI=1S/C19H21N4O5S/c1-29(27,28)23-12-4-5-15(17(23)18(20)25)21-19(26)13-7-9-14(10-8-13)22-11-3-2-6-16(22)24/h2-3,5-11,15,17H,4,12H2,1H3,(H2,20,25)(H,21,26). The van der Waals surface area contributed by atoms with Crippen LogP contribution in [0.2, 0.25) is 0 Å². The van der Waals surface area contributed by atoms with Gasteiger partial charge in [-0.1, -0.05) is 6.07 Å². The summed E-state index contributed by atoms with van der Waals surface area (Å²) in [4.78, 5) is 36.4. The van der Waals surface area contributed by atoms with Crippen LogP contribution < -0.4 is 16.6 Å². The molecule has 1 aromatic heterocycles. The van der Waals surface area contributed by atoms with E-state index in [1.165, 1.54) is 10.6 Å². The molecule has 0 spiro atoms. The molecule has 1 aliphatic heterocycles. The smallest absolute Gasteiger partial charge is 0.255 e. The zero-order chi connectivity index (χ0) is 21.2. The van der Waals surface area contributed by atoms with Crippen LogP contribution in [0.3, 0.4) is 0 Å². The number of hydrogen-bond acceptors (Lipinski definition) is 5. The van der Waals surface area contributed by atoms with Gasteiger partial charge in [-0.3, -0.25) is 19.0 Å². The van der Waals surface area contributed by atoms with Crippen LogP contribution in [-0.4, -0.2) is 54.0 Å². The average Bonchev–Trinajstić information content (AvgIpc) is 2.67. The van der Waals surface area contributed by atoms with Crippen LogP contribution >= 0.6 is 0 Å². The number of amides is 2. The summed E-state index contributed by atoms with van der Waals surface area (Å²) in [6, 6.07) is 9.07. The zero-order valence-corrected chi connectivity index (χ0v) is 16.5. The molecule has 2 aromatic rings. The van der Waals surface area contributed by atoms with Crippen molar-refractivity contribution in [2.75, 3.05) is 12.8 Å². The number of benzene rings is 1. The minimum absolute atomic E-state index is 0.124. The number of piperidine rings is 1. The minimum Gasteiger partial charge on any atom is -0.368 e. The Labute approximate surface area is 168 Å². The van der Waals surface area contributed by atoms with Crippen molar-refractivity contribution in [3.05, 3.63) is 71.0 Å². The van der Waals surface area contributed by atoms with Gasteiger partial charge in [-0.25, -0.2) is 8.42 Å². The Morgan fingerprint density at radius 1 is 1.14 bits per heavy atom. The van der Waals surface area contributed by atoms with E-state index in [0.717, 1.165) is 10.6 Å². The van der Waals surface area contributed by atoms with Crippen LogP contribution in [0.15, 0.2) is 53.5 Å². The van der Waals surface area contributed by atoms with E-state index in [-0.39, 0.29) is 12.1 Å². The molecule has 0 aliphatic carbocycles. The van der Waals surface area contributed by atoms with Crippen LogP contribution in [0, 0.1) is 6.42 Å². The van der Waals surface area contributed by atoms with E-state index in [2.05, 4.69) is 5.32 Å². The fraction of sp³-hybridized carbons (Fsp3) is 0.263.